The van der Waals surface area contributed by atoms with Gasteiger partial charge in [0.05, 0.1) is 13.7 Å². The highest BCUT2D eigenvalue weighted by molar-refractivity contribution is 5.44. The van der Waals surface area contributed by atoms with E-state index in [1.54, 1.807) is 7.11 Å². The van der Waals surface area contributed by atoms with Crippen molar-refractivity contribution >= 4 is 0 Å². The van der Waals surface area contributed by atoms with Gasteiger partial charge < -0.3 is 19.9 Å². The molecular weight excluding hydrogens is 314 g/mol. The molecule has 0 saturated carbocycles. The smallest absolute Gasteiger partial charge is 0.161 e. The minimum Gasteiger partial charge on any atom is -0.493 e. The molecule has 0 aliphatic heterocycles. The molecule has 0 unspecified atom stereocenters. The van der Waals surface area contributed by atoms with Gasteiger partial charge in [-0.25, -0.2) is 0 Å². The van der Waals surface area contributed by atoms with Gasteiger partial charge in [0.1, 0.15) is 6.61 Å². The molecule has 134 valence electrons. The fraction of sp³-hybridized carbons (Fsp3) is 0.429. The lowest BCUT2D eigenvalue weighted by atomic mass is 10.0. The van der Waals surface area contributed by atoms with Crippen LogP contribution in [0.5, 0.6) is 11.5 Å². The third kappa shape index (κ3) is 3.97. The molecule has 0 heterocycles. The standard InChI is InChI=1S/C21H27NO3/c1-14-4-5-16-6-8-19(18(16)12-14)22-15(2)17-7-9-20(25-11-10-23)21(13-17)24-3/h4-5,7,9,12-13,15,19,22-23H,6,8,10-11H2,1-3H3/t15-,19+/m1/s1. The van der Waals surface area contributed by atoms with Crippen LogP contribution in [0.4, 0.5) is 0 Å². The molecule has 2 aromatic rings. The molecule has 2 aromatic carbocycles. The van der Waals surface area contributed by atoms with Crippen LogP contribution in [-0.4, -0.2) is 25.4 Å². The number of hydrogen-bond donors (Lipinski definition) is 2. The van der Waals surface area contributed by atoms with Crippen molar-refractivity contribution in [3.63, 3.8) is 0 Å². The highest BCUT2D eigenvalue weighted by Crippen LogP contribution is 2.35. The molecule has 4 nitrogen and oxygen atoms in total. The Kier molecular flexibility index (Phi) is 5.61. The first-order valence-corrected chi connectivity index (χ1v) is 8.89. The van der Waals surface area contributed by atoms with Crippen LogP contribution in [0.2, 0.25) is 0 Å². The van der Waals surface area contributed by atoms with Crippen molar-refractivity contribution < 1.29 is 14.6 Å². The third-order valence-corrected chi connectivity index (χ3v) is 4.87. The minimum absolute atomic E-state index is 0.0105. The van der Waals surface area contributed by atoms with E-state index in [9.17, 15) is 0 Å². The first kappa shape index (κ1) is 17.8. The van der Waals surface area contributed by atoms with Gasteiger partial charge in [0.25, 0.3) is 0 Å². The molecular formula is C21H27NO3. The summed E-state index contributed by atoms with van der Waals surface area (Å²) in [4.78, 5) is 0. The average Bonchev–Trinajstić information content (AvgIpc) is 3.01. The van der Waals surface area contributed by atoms with E-state index >= 15 is 0 Å². The summed E-state index contributed by atoms with van der Waals surface area (Å²) >= 11 is 0. The van der Waals surface area contributed by atoms with Gasteiger partial charge in [-0.2, -0.15) is 0 Å². The van der Waals surface area contributed by atoms with Gasteiger partial charge in [0, 0.05) is 12.1 Å². The second-order valence-electron chi connectivity index (χ2n) is 6.66. The van der Waals surface area contributed by atoms with Gasteiger partial charge in [-0.1, -0.05) is 29.8 Å². The number of nitrogens with one attached hydrogen (secondary N) is 1. The van der Waals surface area contributed by atoms with Crippen molar-refractivity contribution in [3.8, 4) is 11.5 Å². The van der Waals surface area contributed by atoms with Gasteiger partial charge in [-0.3, -0.25) is 0 Å². The summed E-state index contributed by atoms with van der Waals surface area (Å²) in [6.45, 7) is 4.58. The number of aliphatic hydroxyl groups excluding tert-OH is 1. The van der Waals surface area contributed by atoms with Crippen LogP contribution in [0.3, 0.4) is 0 Å². The second kappa shape index (κ2) is 7.89. The molecule has 0 spiro atoms. The SMILES string of the molecule is COc1cc([C@@H](C)N[C@H]2CCc3ccc(C)cc32)ccc1OCCO. The zero-order valence-corrected chi connectivity index (χ0v) is 15.2. The summed E-state index contributed by atoms with van der Waals surface area (Å²) < 4.78 is 11.0. The zero-order valence-electron chi connectivity index (χ0n) is 15.2. The molecule has 4 heteroatoms. The van der Waals surface area contributed by atoms with Gasteiger partial charge in [-0.05, 0) is 55.5 Å². The topological polar surface area (TPSA) is 50.7 Å². The molecule has 0 aromatic heterocycles. The summed E-state index contributed by atoms with van der Waals surface area (Å²) in [5, 5.41) is 12.7. The molecule has 0 fully saturated rings. The van der Waals surface area contributed by atoms with Crippen LogP contribution in [-0.2, 0) is 6.42 Å². The molecule has 1 aliphatic rings. The summed E-state index contributed by atoms with van der Waals surface area (Å²) in [5.41, 5.74) is 5.36. The number of ether oxygens (including phenoxy) is 2. The Morgan fingerprint density at radius 3 is 2.80 bits per heavy atom. The number of methoxy groups -OCH3 is 1. The highest BCUT2D eigenvalue weighted by atomic mass is 16.5. The van der Waals surface area contributed by atoms with E-state index in [0.29, 0.717) is 17.5 Å². The van der Waals surface area contributed by atoms with E-state index in [-0.39, 0.29) is 19.3 Å². The fourth-order valence-corrected chi connectivity index (χ4v) is 3.52. The maximum Gasteiger partial charge on any atom is 0.161 e. The molecule has 0 saturated heterocycles. The minimum atomic E-state index is -0.0105. The number of rotatable bonds is 7. The van der Waals surface area contributed by atoms with E-state index in [1.165, 1.54) is 16.7 Å². The average molecular weight is 341 g/mol. The molecule has 0 bridgehead atoms. The monoisotopic (exact) mass is 341 g/mol. The Balaban J connectivity index is 1.74. The van der Waals surface area contributed by atoms with Crippen LogP contribution in [0.15, 0.2) is 36.4 Å². The predicted octanol–water partition coefficient (Wildman–Crippen LogP) is 3.71. The van der Waals surface area contributed by atoms with Crippen molar-refractivity contribution in [2.45, 2.75) is 38.8 Å². The summed E-state index contributed by atoms with van der Waals surface area (Å²) in [6.07, 6.45) is 2.27. The van der Waals surface area contributed by atoms with Gasteiger partial charge in [0.2, 0.25) is 0 Å². The Morgan fingerprint density at radius 2 is 2.04 bits per heavy atom. The van der Waals surface area contributed by atoms with Crippen molar-refractivity contribution in [2.75, 3.05) is 20.3 Å². The van der Waals surface area contributed by atoms with Gasteiger partial charge in [0.15, 0.2) is 11.5 Å². The normalized spacial score (nSPS) is 17.2. The lowest BCUT2D eigenvalue weighted by Crippen LogP contribution is -2.23. The molecule has 0 amide bonds. The van der Waals surface area contributed by atoms with E-state index in [2.05, 4.69) is 43.4 Å². The van der Waals surface area contributed by atoms with Crippen molar-refractivity contribution in [3.05, 3.63) is 58.7 Å². The highest BCUT2D eigenvalue weighted by Gasteiger charge is 2.24. The molecule has 25 heavy (non-hydrogen) atoms. The number of aliphatic hydroxyl groups is 1. The Morgan fingerprint density at radius 1 is 1.20 bits per heavy atom. The van der Waals surface area contributed by atoms with E-state index in [4.69, 9.17) is 14.6 Å². The maximum absolute atomic E-state index is 8.92. The largest absolute Gasteiger partial charge is 0.493 e. The lowest BCUT2D eigenvalue weighted by molar-refractivity contribution is 0.196. The van der Waals surface area contributed by atoms with Crippen molar-refractivity contribution in [2.24, 2.45) is 0 Å². The molecule has 2 atom stereocenters. The van der Waals surface area contributed by atoms with E-state index in [1.807, 2.05) is 12.1 Å². The summed E-state index contributed by atoms with van der Waals surface area (Å²) in [5.74, 6) is 1.36. The maximum atomic E-state index is 8.92. The van der Waals surface area contributed by atoms with Crippen LogP contribution in [0, 0.1) is 6.92 Å². The van der Waals surface area contributed by atoms with Crippen LogP contribution >= 0.6 is 0 Å². The van der Waals surface area contributed by atoms with Crippen molar-refractivity contribution in [1.82, 2.24) is 5.32 Å². The van der Waals surface area contributed by atoms with Crippen LogP contribution < -0.4 is 14.8 Å². The van der Waals surface area contributed by atoms with Crippen molar-refractivity contribution in [1.29, 1.82) is 0 Å². The van der Waals surface area contributed by atoms with Gasteiger partial charge in [-0.15, -0.1) is 0 Å². The predicted molar refractivity (Wildman–Crippen MR) is 99.4 cm³/mol. The number of fused-ring (bicyclic) bond motifs is 1. The van der Waals surface area contributed by atoms with Crippen LogP contribution in [0.25, 0.3) is 0 Å². The van der Waals surface area contributed by atoms with Crippen LogP contribution in [0.1, 0.15) is 47.7 Å². The fourth-order valence-electron chi connectivity index (χ4n) is 3.52. The summed E-state index contributed by atoms with van der Waals surface area (Å²) in [6, 6.07) is 13.3. The molecule has 2 N–H and O–H groups in total. The quantitative estimate of drug-likeness (QED) is 0.806. The third-order valence-electron chi connectivity index (χ3n) is 4.87. The van der Waals surface area contributed by atoms with E-state index in [0.717, 1.165) is 18.4 Å². The molecule has 0 radical (unpaired) electrons. The number of hydrogen-bond acceptors (Lipinski definition) is 4. The molecule has 3 rings (SSSR count). The summed E-state index contributed by atoms with van der Waals surface area (Å²) in [7, 11) is 1.64. The Bertz CT molecular complexity index is 729. The second-order valence-corrected chi connectivity index (χ2v) is 6.66. The Labute approximate surface area is 149 Å². The first-order chi connectivity index (χ1) is 12.1. The number of aryl methyl sites for hydroxylation is 2. The zero-order chi connectivity index (χ0) is 17.8. The molecule has 1 aliphatic carbocycles. The van der Waals surface area contributed by atoms with E-state index < -0.39 is 0 Å². The van der Waals surface area contributed by atoms with Gasteiger partial charge >= 0.3 is 0 Å². The number of benzene rings is 2. The lowest BCUT2D eigenvalue weighted by Gasteiger charge is -2.22. The first-order valence-electron chi connectivity index (χ1n) is 8.89. The Hall–Kier alpha value is -2.04.